The quantitative estimate of drug-likeness (QED) is 0.547. The zero-order valence-corrected chi connectivity index (χ0v) is 13.2. The summed E-state index contributed by atoms with van der Waals surface area (Å²) in [4.78, 5) is 0. The van der Waals surface area contributed by atoms with Crippen molar-refractivity contribution in [1.82, 2.24) is 0 Å². The summed E-state index contributed by atoms with van der Waals surface area (Å²) in [6, 6.07) is 10.8. The molecule has 61 valence electrons. The number of rotatable bonds is 0. The molecule has 0 aliphatic heterocycles. The molecule has 1 rings (SSSR count). The van der Waals surface area contributed by atoms with E-state index >= 15 is 0 Å². The van der Waals surface area contributed by atoms with Crippen LogP contribution >= 0.6 is 36.7 Å². The van der Waals surface area contributed by atoms with Crippen molar-refractivity contribution in [2.45, 2.75) is 6.92 Å². The number of hydrogen-bond acceptors (Lipinski definition) is 0. The summed E-state index contributed by atoms with van der Waals surface area (Å²) in [6.45, 7) is 2.06. The van der Waals surface area contributed by atoms with Crippen LogP contribution in [-0.4, -0.2) is 0 Å². The molecule has 0 aromatic heterocycles. The van der Waals surface area contributed by atoms with Crippen LogP contribution in [0.1, 0.15) is 5.56 Å². The summed E-state index contributed by atoms with van der Waals surface area (Å²) in [6.07, 6.45) is 0. The van der Waals surface area contributed by atoms with Crippen molar-refractivity contribution >= 4 is 36.7 Å². The fourth-order valence-electron chi connectivity index (χ4n) is 0.470. The Labute approximate surface area is 92.8 Å². The molecular weight excluding hydrogens is 415 g/mol. The van der Waals surface area contributed by atoms with Crippen molar-refractivity contribution < 1.29 is 14.7 Å². The molecule has 0 heterocycles. The minimum atomic E-state index is -1.11. The van der Waals surface area contributed by atoms with Gasteiger partial charge >= 0.3 is 51.4 Å². The zero-order chi connectivity index (χ0) is 8.69. The second kappa shape index (κ2) is 8.16. The molecule has 0 spiro atoms. The Kier molecular flexibility index (Phi) is 9.30. The maximum atomic E-state index is 3.30. The Balaban J connectivity index is 0.000000218. The monoisotopic (exact) mass is 418 g/mol. The fourth-order valence-corrected chi connectivity index (χ4v) is 0.470. The van der Waals surface area contributed by atoms with Crippen molar-refractivity contribution in [1.29, 1.82) is 0 Å². The van der Waals surface area contributed by atoms with E-state index in [4.69, 9.17) is 0 Å². The Morgan fingerprint density at radius 2 is 1.55 bits per heavy atom. The van der Waals surface area contributed by atoms with Crippen molar-refractivity contribution in [3.63, 3.8) is 0 Å². The first-order chi connectivity index (χ1) is 5.13. The Morgan fingerprint density at radius 1 is 1.18 bits per heavy atom. The van der Waals surface area contributed by atoms with E-state index in [1.54, 1.807) is 0 Å². The molecule has 0 atom stereocenters. The standard InChI is InChI=1S/C7H7.3BrH.Zr/c1-7-5-3-2-4-6-7;;;;/h3-6H,1H3;3*1H;/q-1;;;;+3/p-3. The molecule has 11 heavy (non-hydrogen) atoms. The van der Waals surface area contributed by atoms with Gasteiger partial charge in [0.2, 0.25) is 0 Å². The molecule has 0 nitrogen and oxygen atoms in total. The summed E-state index contributed by atoms with van der Waals surface area (Å²) < 4.78 is 0. The first-order valence-electron chi connectivity index (χ1n) is 2.89. The molecule has 0 bridgehead atoms. The molecular formula is C7H7Br3Zr-. The summed E-state index contributed by atoms with van der Waals surface area (Å²) in [7, 11) is 0. The van der Waals surface area contributed by atoms with Gasteiger partial charge in [-0.3, -0.25) is 0 Å². The van der Waals surface area contributed by atoms with Crippen molar-refractivity contribution in [3.05, 3.63) is 35.9 Å². The molecule has 0 unspecified atom stereocenters. The van der Waals surface area contributed by atoms with Gasteiger partial charge < -0.3 is 0 Å². The molecule has 0 radical (unpaired) electrons. The predicted octanol–water partition coefficient (Wildman–Crippen LogP) is 4.33. The third kappa shape index (κ3) is 11.5. The van der Waals surface area contributed by atoms with Crippen LogP contribution in [0.25, 0.3) is 0 Å². The summed E-state index contributed by atoms with van der Waals surface area (Å²) in [5.74, 6) is 0. The Bertz CT molecular complexity index is 174. The average molecular weight is 422 g/mol. The van der Waals surface area contributed by atoms with E-state index < -0.39 is 14.7 Å². The third-order valence-electron chi connectivity index (χ3n) is 0.885. The number of halogens is 3. The summed E-state index contributed by atoms with van der Waals surface area (Å²) >= 11 is 8.80. The van der Waals surface area contributed by atoms with Crippen LogP contribution in [0.5, 0.6) is 0 Å². The molecule has 0 N–H and O–H groups in total. The molecule has 4 heteroatoms. The first-order valence-corrected chi connectivity index (χ1v) is 19.7. The van der Waals surface area contributed by atoms with Crippen molar-refractivity contribution in [2.75, 3.05) is 0 Å². The second-order valence-corrected chi connectivity index (χ2v) is 35.8. The van der Waals surface area contributed by atoms with Gasteiger partial charge in [-0.25, -0.2) is 0 Å². The molecule has 0 aliphatic carbocycles. The minimum absolute atomic E-state index is 1.11. The maximum absolute atomic E-state index is 3.30. The van der Waals surface area contributed by atoms with Gasteiger partial charge in [0, 0.05) is 0 Å². The number of hydrogen-bond donors (Lipinski definition) is 0. The van der Waals surface area contributed by atoms with Gasteiger partial charge in [-0.2, -0.15) is 35.9 Å². The van der Waals surface area contributed by atoms with Crippen LogP contribution in [-0.2, 0) is 14.7 Å². The molecule has 1 aromatic rings. The van der Waals surface area contributed by atoms with Crippen LogP contribution < -0.4 is 0 Å². The van der Waals surface area contributed by atoms with Gasteiger partial charge in [0.15, 0.2) is 0 Å². The molecule has 0 fully saturated rings. The van der Waals surface area contributed by atoms with Gasteiger partial charge in [0.25, 0.3) is 0 Å². The van der Waals surface area contributed by atoms with Crippen molar-refractivity contribution in [3.8, 4) is 0 Å². The van der Waals surface area contributed by atoms with Crippen molar-refractivity contribution in [2.24, 2.45) is 0 Å². The van der Waals surface area contributed by atoms with Crippen LogP contribution in [0.4, 0.5) is 0 Å². The van der Waals surface area contributed by atoms with Gasteiger partial charge in [-0.05, 0) is 0 Å². The van der Waals surface area contributed by atoms with Gasteiger partial charge in [-0.15, -0.1) is 0 Å². The van der Waals surface area contributed by atoms with E-state index in [0.717, 1.165) is 0 Å². The Morgan fingerprint density at radius 3 is 1.73 bits per heavy atom. The van der Waals surface area contributed by atoms with E-state index in [1.165, 1.54) is 5.56 Å². The van der Waals surface area contributed by atoms with E-state index in [1.807, 2.05) is 24.3 Å². The van der Waals surface area contributed by atoms with E-state index in [0.29, 0.717) is 0 Å². The van der Waals surface area contributed by atoms with E-state index in [9.17, 15) is 0 Å². The zero-order valence-electron chi connectivity index (χ0n) is 5.94. The van der Waals surface area contributed by atoms with E-state index in [2.05, 4.69) is 49.6 Å². The SMILES string of the molecule is Cc1cc[c-]cc1.[Br][Zr]([Br])[Br]. The second-order valence-electron chi connectivity index (χ2n) is 1.79. The normalized spacial score (nSPS) is 8.00. The molecule has 0 aliphatic rings. The average Bonchev–Trinajstić information content (AvgIpc) is 1.87. The van der Waals surface area contributed by atoms with E-state index in [-0.39, 0.29) is 0 Å². The van der Waals surface area contributed by atoms with Gasteiger partial charge in [0.1, 0.15) is 0 Å². The van der Waals surface area contributed by atoms with Crippen LogP contribution in [0.2, 0.25) is 0 Å². The van der Waals surface area contributed by atoms with Gasteiger partial charge in [0.05, 0.1) is 0 Å². The Hall–Kier alpha value is 1.54. The summed E-state index contributed by atoms with van der Waals surface area (Å²) in [5.41, 5.74) is 1.29. The third-order valence-corrected chi connectivity index (χ3v) is 0.885. The predicted molar refractivity (Wildman–Crippen MR) is 56.8 cm³/mol. The molecule has 0 saturated heterocycles. The van der Waals surface area contributed by atoms with Gasteiger partial charge in [-0.1, -0.05) is 6.92 Å². The molecule has 1 aromatic carbocycles. The van der Waals surface area contributed by atoms with Crippen LogP contribution in [0, 0.1) is 13.0 Å². The fraction of sp³-hybridized carbons (Fsp3) is 0.143. The van der Waals surface area contributed by atoms with Crippen LogP contribution in [0.3, 0.4) is 0 Å². The topological polar surface area (TPSA) is 0 Å². The molecule has 0 amide bonds. The summed E-state index contributed by atoms with van der Waals surface area (Å²) in [5, 5.41) is 0. The molecule has 0 saturated carbocycles. The number of aryl methyl sites for hydroxylation is 1. The van der Waals surface area contributed by atoms with Crippen LogP contribution in [0.15, 0.2) is 24.3 Å². The number of benzene rings is 1. The first kappa shape index (κ1) is 12.5.